The number of nitrogens with one attached hydrogen (secondary N) is 2. The molecule has 0 saturated carbocycles. The standard InChI is InChI=1S/C23H31N5O2.HI/c1-6-24-23(25-15-17-7-11-19(12-8-17)21(29)27(2)3)26-16-18-9-13-20(14-10-18)22(30)28(4)5;/h7-14H,6,15-16H2,1-5H3,(H2,24,25,26);1H. The van der Waals surface area contributed by atoms with Crippen molar-refractivity contribution in [1.82, 2.24) is 20.4 Å². The maximum Gasteiger partial charge on any atom is 0.253 e. The van der Waals surface area contributed by atoms with Gasteiger partial charge in [0.05, 0.1) is 6.54 Å². The molecule has 0 heterocycles. The number of hydrogen-bond donors (Lipinski definition) is 2. The molecule has 0 radical (unpaired) electrons. The van der Waals surface area contributed by atoms with Crippen LogP contribution in [0.15, 0.2) is 53.5 Å². The summed E-state index contributed by atoms with van der Waals surface area (Å²) in [6, 6.07) is 15.0. The molecule has 168 valence electrons. The molecule has 2 amide bonds. The Labute approximate surface area is 201 Å². The Bertz CT molecular complexity index is 878. The van der Waals surface area contributed by atoms with Crippen LogP contribution in [0.2, 0.25) is 0 Å². The van der Waals surface area contributed by atoms with E-state index < -0.39 is 0 Å². The molecule has 31 heavy (non-hydrogen) atoms. The number of guanidine groups is 1. The number of nitrogens with zero attached hydrogens (tertiary/aromatic N) is 3. The number of carbonyl (C=O) groups excluding carboxylic acids is 2. The molecule has 0 saturated heterocycles. The van der Waals surface area contributed by atoms with Crippen molar-refractivity contribution in [3.05, 3.63) is 70.8 Å². The predicted octanol–water partition coefficient (Wildman–Crippen LogP) is 2.96. The van der Waals surface area contributed by atoms with Gasteiger partial charge in [0.2, 0.25) is 0 Å². The van der Waals surface area contributed by atoms with Crippen molar-refractivity contribution in [3.63, 3.8) is 0 Å². The normalized spacial score (nSPS) is 10.7. The van der Waals surface area contributed by atoms with E-state index in [2.05, 4.69) is 15.6 Å². The van der Waals surface area contributed by atoms with Gasteiger partial charge >= 0.3 is 0 Å². The molecule has 0 aliphatic rings. The highest BCUT2D eigenvalue weighted by Gasteiger charge is 2.08. The van der Waals surface area contributed by atoms with Gasteiger partial charge in [0.25, 0.3) is 11.8 Å². The first-order chi connectivity index (χ1) is 14.3. The minimum Gasteiger partial charge on any atom is -0.357 e. The SMILES string of the molecule is CCNC(=NCc1ccc(C(=O)N(C)C)cc1)NCc1ccc(C(=O)N(C)C)cc1.I. The molecule has 0 spiro atoms. The number of benzene rings is 2. The van der Waals surface area contributed by atoms with Crippen LogP contribution in [0.5, 0.6) is 0 Å². The molecule has 0 unspecified atom stereocenters. The molecule has 0 bridgehead atoms. The first-order valence-corrected chi connectivity index (χ1v) is 9.95. The number of carbonyl (C=O) groups is 2. The molecule has 2 aromatic rings. The molecule has 0 aromatic heterocycles. The summed E-state index contributed by atoms with van der Waals surface area (Å²) in [5.74, 6) is 0.681. The first-order valence-electron chi connectivity index (χ1n) is 9.95. The number of amides is 2. The van der Waals surface area contributed by atoms with Crippen molar-refractivity contribution in [2.75, 3.05) is 34.7 Å². The monoisotopic (exact) mass is 537 g/mol. The minimum atomic E-state index is -0.0154. The Morgan fingerprint density at radius 1 is 0.774 bits per heavy atom. The summed E-state index contributed by atoms with van der Waals surface area (Å²) in [5.41, 5.74) is 3.41. The van der Waals surface area contributed by atoms with Gasteiger partial charge in [-0.15, -0.1) is 24.0 Å². The predicted molar refractivity (Wildman–Crippen MR) is 136 cm³/mol. The van der Waals surface area contributed by atoms with Gasteiger partial charge in [-0.1, -0.05) is 24.3 Å². The van der Waals surface area contributed by atoms with Crippen molar-refractivity contribution >= 4 is 41.8 Å². The maximum absolute atomic E-state index is 12.0. The summed E-state index contributed by atoms with van der Waals surface area (Å²) in [5, 5.41) is 6.54. The Hall–Kier alpha value is -2.62. The lowest BCUT2D eigenvalue weighted by Crippen LogP contribution is -2.36. The Morgan fingerprint density at radius 2 is 1.23 bits per heavy atom. The van der Waals surface area contributed by atoms with Crippen molar-refractivity contribution in [3.8, 4) is 0 Å². The fourth-order valence-corrected chi connectivity index (χ4v) is 2.73. The minimum absolute atomic E-state index is 0. The Morgan fingerprint density at radius 3 is 1.65 bits per heavy atom. The van der Waals surface area contributed by atoms with Gasteiger partial charge in [-0.2, -0.15) is 0 Å². The van der Waals surface area contributed by atoms with Gasteiger partial charge in [-0.3, -0.25) is 9.59 Å². The van der Waals surface area contributed by atoms with Crippen molar-refractivity contribution in [1.29, 1.82) is 0 Å². The van der Waals surface area contributed by atoms with Crippen LogP contribution < -0.4 is 10.6 Å². The molecule has 2 N–H and O–H groups in total. The summed E-state index contributed by atoms with van der Waals surface area (Å²) in [6.07, 6.45) is 0. The summed E-state index contributed by atoms with van der Waals surface area (Å²) in [7, 11) is 6.96. The van der Waals surface area contributed by atoms with Gasteiger partial charge < -0.3 is 20.4 Å². The van der Waals surface area contributed by atoms with Gasteiger partial charge in [0.1, 0.15) is 0 Å². The van der Waals surface area contributed by atoms with Gasteiger partial charge in [0.15, 0.2) is 5.96 Å². The van der Waals surface area contributed by atoms with E-state index in [0.717, 1.165) is 17.7 Å². The summed E-state index contributed by atoms with van der Waals surface area (Å²) >= 11 is 0. The van der Waals surface area contributed by atoms with E-state index in [0.29, 0.717) is 30.2 Å². The fraction of sp³-hybridized carbons (Fsp3) is 0.348. The van der Waals surface area contributed by atoms with E-state index in [9.17, 15) is 9.59 Å². The van der Waals surface area contributed by atoms with Crippen molar-refractivity contribution in [2.45, 2.75) is 20.0 Å². The van der Waals surface area contributed by atoms with Crippen LogP contribution in [0.1, 0.15) is 38.8 Å². The summed E-state index contributed by atoms with van der Waals surface area (Å²) < 4.78 is 0. The molecule has 7 nitrogen and oxygen atoms in total. The van der Waals surface area contributed by atoms with E-state index >= 15 is 0 Å². The second-order valence-electron chi connectivity index (χ2n) is 7.34. The topological polar surface area (TPSA) is 77.0 Å². The van der Waals surface area contributed by atoms with E-state index in [1.165, 1.54) is 0 Å². The molecule has 0 aliphatic heterocycles. The van der Waals surface area contributed by atoms with Crippen LogP contribution in [0.4, 0.5) is 0 Å². The average molecular weight is 537 g/mol. The largest absolute Gasteiger partial charge is 0.357 e. The molecule has 8 heteroatoms. The third kappa shape index (κ3) is 8.20. The van der Waals surface area contributed by atoms with Gasteiger partial charge in [0, 0.05) is 52.4 Å². The molecule has 0 atom stereocenters. The summed E-state index contributed by atoms with van der Waals surface area (Å²) in [4.78, 5) is 31.7. The zero-order valence-corrected chi connectivity index (χ0v) is 21.1. The summed E-state index contributed by atoms with van der Waals surface area (Å²) in [6.45, 7) is 3.86. The van der Waals surface area contributed by atoms with Gasteiger partial charge in [-0.05, 0) is 42.3 Å². The van der Waals surface area contributed by atoms with E-state index in [4.69, 9.17) is 0 Å². The molecule has 0 aliphatic carbocycles. The van der Waals surface area contributed by atoms with E-state index in [1.54, 1.807) is 38.0 Å². The van der Waals surface area contributed by atoms with Crippen LogP contribution in [0.25, 0.3) is 0 Å². The highest BCUT2D eigenvalue weighted by molar-refractivity contribution is 14.0. The van der Waals surface area contributed by atoms with Crippen molar-refractivity contribution < 1.29 is 9.59 Å². The second kappa shape index (κ2) is 12.9. The van der Waals surface area contributed by atoms with Crippen LogP contribution in [0, 0.1) is 0 Å². The lowest BCUT2D eigenvalue weighted by molar-refractivity contribution is 0.0820. The van der Waals surface area contributed by atoms with Crippen LogP contribution in [0.3, 0.4) is 0 Å². The lowest BCUT2D eigenvalue weighted by Gasteiger charge is -2.13. The molecular formula is C23H32IN5O2. The third-order valence-corrected chi connectivity index (χ3v) is 4.44. The first kappa shape index (κ1) is 26.4. The average Bonchev–Trinajstić information content (AvgIpc) is 2.75. The van der Waals surface area contributed by atoms with Crippen LogP contribution in [-0.4, -0.2) is 62.3 Å². The number of halogens is 1. The lowest BCUT2D eigenvalue weighted by atomic mass is 10.1. The highest BCUT2D eigenvalue weighted by atomic mass is 127. The van der Waals surface area contributed by atoms with Crippen LogP contribution in [-0.2, 0) is 13.1 Å². The quantitative estimate of drug-likeness (QED) is 0.324. The number of aliphatic imine (C=N–C) groups is 1. The smallest absolute Gasteiger partial charge is 0.253 e. The maximum atomic E-state index is 12.0. The fourth-order valence-electron chi connectivity index (χ4n) is 2.73. The number of hydrogen-bond acceptors (Lipinski definition) is 3. The Kier molecular flexibility index (Phi) is 11.0. The number of rotatable bonds is 7. The van der Waals surface area contributed by atoms with Gasteiger partial charge in [-0.25, -0.2) is 4.99 Å². The molecule has 2 rings (SSSR count). The van der Waals surface area contributed by atoms with E-state index in [1.807, 2.05) is 55.5 Å². The second-order valence-corrected chi connectivity index (χ2v) is 7.34. The zero-order chi connectivity index (χ0) is 22.1. The molecule has 2 aromatic carbocycles. The van der Waals surface area contributed by atoms with Crippen LogP contribution >= 0.6 is 24.0 Å². The third-order valence-electron chi connectivity index (χ3n) is 4.44. The molecular weight excluding hydrogens is 505 g/mol. The Balaban J connectivity index is 0.00000480. The highest BCUT2D eigenvalue weighted by Crippen LogP contribution is 2.08. The van der Waals surface area contributed by atoms with E-state index in [-0.39, 0.29) is 35.8 Å². The molecule has 0 fully saturated rings. The zero-order valence-electron chi connectivity index (χ0n) is 18.8. The van der Waals surface area contributed by atoms with Crippen molar-refractivity contribution in [2.24, 2.45) is 4.99 Å².